The van der Waals surface area contributed by atoms with Gasteiger partial charge in [-0.25, -0.2) is 9.78 Å². The molecule has 174 valence electrons. The van der Waals surface area contributed by atoms with E-state index in [2.05, 4.69) is 4.98 Å². The van der Waals surface area contributed by atoms with Gasteiger partial charge in [0.25, 0.3) is 0 Å². The average Bonchev–Trinajstić information content (AvgIpc) is 3.27. The number of pyridine rings is 1. The van der Waals surface area contributed by atoms with E-state index < -0.39 is 12.1 Å². The van der Waals surface area contributed by atoms with Crippen LogP contribution in [0, 0.1) is 28.6 Å². The van der Waals surface area contributed by atoms with E-state index in [0.29, 0.717) is 57.2 Å². The highest BCUT2D eigenvalue weighted by Gasteiger charge is 2.53. The second-order valence-corrected chi connectivity index (χ2v) is 8.20. The van der Waals surface area contributed by atoms with Crippen LogP contribution in [0.25, 0.3) is 0 Å². The lowest BCUT2D eigenvalue weighted by Gasteiger charge is -2.34. The molecule has 3 aliphatic rings. The van der Waals surface area contributed by atoms with Gasteiger partial charge in [-0.2, -0.15) is 18.4 Å². The second kappa shape index (κ2) is 9.30. The monoisotopic (exact) mass is 457 g/mol. The number of nitriles is 1. The zero-order chi connectivity index (χ0) is 23.5. The first-order chi connectivity index (χ1) is 15.0. The maximum Gasteiger partial charge on any atom is 0.490 e. The molecular weight excluding hydrogens is 435 g/mol. The van der Waals surface area contributed by atoms with Gasteiger partial charge in [0, 0.05) is 37.2 Å². The Labute approximate surface area is 181 Å². The lowest BCUT2D eigenvalue weighted by molar-refractivity contribution is -0.192. The molecule has 0 aromatic carbocycles. The Morgan fingerprint density at radius 3 is 2.59 bits per heavy atom. The van der Waals surface area contributed by atoms with Crippen molar-refractivity contribution in [2.24, 2.45) is 17.3 Å². The van der Waals surface area contributed by atoms with Crippen LogP contribution in [0.4, 0.5) is 13.2 Å². The van der Waals surface area contributed by atoms with Crippen molar-refractivity contribution >= 4 is 11.9 Å². The normalized spacial score (nSPS) is 28.6. The number of aliphatic carboxylic acids is 1. The Morgan fingerprint density at radius 2 is 2.06 bits per heavy atom. The summed E-state index contributed by atoms with van der Waals surface area (Å²) < 4.78 is 43.3. The summed E-state index contributed by atoms with van der Waals surface area (Å²) in [6, 6.07) is 5.39. The minimum atomic E-state index is -5.08. The number of fused-ring (bicyclic) bond motifs is 1. The van der Waals surface area contributed by atoms with Crippen LogP contribution in [0.2, 0.25) is 0 Å². The van der Waals surface area contributed by atoms with E-state index in [9.17, 15) is 23.1 Å². The van der Waals surface area contributed by atoms with E-state index in [0.717, 1.165) is 0 Å². The topological polar surface area (TPSA) is 133 Å². The fraction of sp³-hybridized carbons (Fsp3) is 0.600. The zero-order valence-electron chi connectivity index (χ0n) is 16.9. The number of likely N-dealkylation sites (tertiary alicyclic amines) is 1. The number of aliphatic hydroxyl groups excluding tert-OH is 1. The van der Waals surface area contributed by atoms with E-state index in [1.54, 1.807) is 12.1 Å². The summed E-state index contributed by atoms with van der Waals surface area (Å²) in [5, 5.41) is 25.4. The van der Waals surface area contributed by atoms with E-state index >= 15 is 0 Å². The molecule has 1 aromatic rings. The van der Waals surface area contributed by atoms with Gasteiger partial charge in [0.2, 0.25) is 11.8 Å². The number of aromatic nitrogens is 1. The number of hydrogen-bond acceptors (Lipinski definition) is 7. The number of rotatable bonds is 4. The number of nitrogens with zero attached hydrogens (tertiary/aromatic N) is 3. The van der Waals surface area contributed by atoms with Crippen LogP contribution in [0.15, 0.2) is 18.3 Å². The lowest BCUT2D eigenvalue weighted by Crippen LogP contribution is -2.44. The number of hydrogen-bond donors (Lipinski definition) is 2. The highest BCUT2D eigenvalue weighted by atomic mass is 19.4. The minimum Gasteiger partial charge on any atom is -0.477 e. The number of carbonyl (C=O) groups is 2. The van der Waals surface area contributed by atoms with E-state index in [4.69, 9.17) is 24.6 Å². The van der Waals surface area contributed by atoms with E-state index in [1.807, 2.05) is 11.0 Å². The van der Waals surface area contributed by atoms with Crippen LogP contribution >= 0.6 is 0 Å². The molecule has 1 aromatic heterocycles. The molecule has 2 saturated heterocycles. The third kappa shape index (κ3) is 5.28. The first-order valence-electron chi connectivity index (χ1n) is 9.88. The first kappa shape index (κ1) is 23.7. The smallest absolute Gasteiger partial charge is 0.477 e. The summed E-state index contributed by atoms with van der Waals surface area (Å²) in [7, 11) is 0. The van der Waals surface area contributed by atoms with Gasteiger partial charge in [0.1, 0.15) is 6.07 Å². The van der Waals surface area contributed by atoms with Crippen LogP contribution in [-0.4, -0.2) is 77.2 Å². The lowest BCUT2D eigenvalue weighted by atomic mass is 9.81. The molecule has 2 aliphatic heterocycles. The third-order valence-electron chi connectivity index (χ3n) is 5.91. The Kier molecular flexibility index (Phi) is 6.90. The average molecular weight is 457 g/mol. The van der Waals surface area contributed by atoms with Crippen molar-refractivity contribution in [3.63, 3.8) is 0 Å². The number of carbonyl (C=O) groups excluding carboxylic acids is 1. The molecule has 0 bridgehead atoms. The minimum absolute atomic E-state index is 0.0343. The molecule has 12 heteroatoms. The Balaban J connectivity index is 0.000000360. The second-order valence-electron chi connectivity index (χ2n) is 8.20. The molecule has 9 nitrogen and oxygen atoms in total. The first-order valence-corrected chi connectivity index (χ1v) is 9.88. The highest BCUT2D eigenvalue weighted by Crippen LogP contribution is 2.43. The van der Waals surface area contributed by atoms with Crippen molar-refractivity contribution in [1.82, 2.24) is 9.88 Å². The molecule has 3 fully saturated rings. The third-order valence-corrected chi connectivity index (χ3v) is 5.91. The van der Waals surface area contributed by atoms with Gasteiger partial charge in [-0.15, -0.1) is 0 Å². The van der Waals surface area contributed by atoms with Crippen LogP contribution in [0.1, 0.15) is 18.4 Å². The Morgan fingerprint density at radius 1 is 1.38 bits per heavy atom. The molecule has 4 rings (SSSR count). The van der Waals surface area contributed by atoms with Crippen LogP contribution in [-0.2, 0) is 14.3 Å². The van der Waals surface area contributed by atoms with Crippen molar-refractivity contribution in [1.29, 1.82) is 5.26 Å². The molecule has 1 amide bonds. The molecule has 32 heavy (non-hydrogen) atoms. The van der Waals surface area contributed by atoms with Gasteiger partial charge in [-0.1, -0.05) is 0 Å². The number of carboxylic acids is 1. The van der Waals surface area contributed by atoms with Crippen LogP contribution in [0.3, 0.4) is 0 Å². The van der Waals surface area contributed by atoms with Crippen molar-refractivity contribution in [2.75, 3.05) is 32.9 Å². The standard InChI is InChI=1S/C18H21N3O4.C2HF3O2/c19-5-12-1-2-16(20-6-12)25-11-18-9-21(7-14(18)8-24-10-18)17(23)13-3-15(22)4-13;3-2(4,5)1(6)7/h1-2,6,13-15,22H,3-4,7-11H2;(H,6,7)/t13?,14-,15?,18+;/m1./s1. The number of aliphatic hydroxyl groups is 1. The molecule has 2 N–H and O–H groups in total. The van der Waals surface area contributed by atoms with Gasteiger partial charge in [-0.3, -0.25) is 4.79 Å². The number of ether oxygens (including phenoxy) is 2. The largest absolute Gasteiger partial charge is 0.490 e. The predicted molar refractivity (Wildman–Crippen MR) is 100 cm³/mol. The molecular formula is C20H22F3N3O6. The Bertz CT molecular complexity index is 882. The summed E-state index contributed by atoms with van der Waals surface area (Å²) in [5.41, 5.74) is 0.293. The maximum absolute atomic E-state index is 12.6. The molecule has 2 atom stereocenters. The van der Waals surface area contributed by atoms with Gasteiger partial charge in [0.05, 0.1) is 36.9 Å². The Hall–Kier alpha value is -2.91. The molecule has 0 radical (unpaired) electrons. The van der Waals surface area contributed by atoms with Gasteiger partial charge >= 0.3 is 12.1 Å². The van der Waals surface area contributed by atoms with Crippen LogP contribution in [0.5, 0.6) is 5.88 Å². The predicted octanol–water partition coefficient (Wildman–Crippen LogP) is 1.21. The zero-order valence-corrected chi connectivity index (χ0v) is 16.9. The summed E-state index contributed by atoms with van der Waals surface area (Å²) in [5.74, 6) is -1.90. The summed E-state index contributed by atoms with van der Waals surface area (Å²) in [6.45, 7) is 2.97. The number of halogens is 3. The van der Waals surface area contributed by atoms with Crippen molar-refractivity contribution in [3.8, 4) is 11.9 Å². The SMILES string of the molecule is N#Cc1ccc(OC[C@]23COC[C@H]2CN(C(=O)C2CC(O)C2)C3)nc1.O=C(O)C(F)(F)F. The maximum atomic E-state index is 12.6. The van der Waals surface area contributed by atoms with Crippen molar-refractivity contribution < 1.29 is 42.4 Å². The fourth-order valence-corrected chi connectivity index (χ4v) is 4.00. The van der Waals surface area contributed by atoms with Gasteiger partial charge in [-0.05, 0) is 18.9 Å². The summed E-state index contributed by atoms with van der Waals surface area (Å²) in [4.78, 5) is 27.5. The van der Waals surface area contributed by atoms with E-state index in [-0.39, 0.29) is 29.3 Å². The summed E-state index contributed by atoms with van der Waals surface area (Å²) >= 11 is 0. The molecule has 0 unspecified atom stereocenters. The molecule has 1 aliphatic carbocycles. The molecule has 3 heterocycles. The number of alkyl halides is 3. The van der Waals surface area contributed by atoms with Gasteiger partial charge < -0.3 is 24.6 Å². The molecule has 0 spiro atoms. The highest BCUT2D eigenvalue weighted by molar-refractivity contribution is 5.80. The summed E-state index contributed by atoms with van der Waals surface area (Å²) in [6.07, 6.45) is -2.76. The van der Waals surface area contributed by atoms with Crippen LogP contribution < -0.4 is 4.74 Å². The van der Waals surface area contributed by atoms with Crippen molar-refractivity contribution in [3.05, 3.63) is 23.9 Å². The molecule has 1 saturated carbocycles. The number of amides is 1. The van der Waals surface area contributed by atoms with E-state index in [1.165, 1.54) is 6.20 Å². The van der Waals surface area contributed by atoms with Crippen molar-refractivity contribution in [2.45, 2.75) is 25.1 Å². The van der Waals surface area contributed by atoms with Gasteiger partial charge in [0.15, 0.2) is 0 Å². The fourth-order valence-electron chi connectivity index (χ4n) is 4.00. The number of carboxylic acid groups (broad SMARTS) is 1. The quantitative estimate of drug-likeness (QED) is 0.690.